The van der Waals surface area contributed by atoms with Crippen LogP contribution in [0.3, 0.4) is 0 Å². The van der Waals surface area contributed by atoms with E-state index < -0.39 is 5.60 Å². The van der Waals surface area contributed by atoms with Crippen LogP contribution in [0.25, 0.3) is 0 Å². The largest absolute Gasteiger partial charge is 0.467 e. The maximum absolute atomic E-state index is 12.1. The zero-order chi connectivity index (χ0) is 12.8. The molecular formula is C14H24O3. The van der Waals surface area contributed by atoms with Gasteiger partial charge in [-0.3, -0.25) is 0 Å². The van der Waals surface area contributed by atoms with Crippen LogP contribution in [0.1, 0.15) is 47.0 Å². The molecule has 0 radical (unpaired) electrons. The number of rotatable bonds is 2. The molecule has 4 atom stereocenters. The second-order valence-electron chi connectivity index (χ2n) is 6.03. The van der Waals surface area contributed by atoms with E-state index in [2.05, 4.69) is 27.7 Å². The molecule has 2 aliphatic rings. The minimum atomic E-state index is -0.685. The minimum Gasteiger partial charge on any atom is -0.467 e. The molecule has 0 aromatic rings. The fourth-order valence-electron chi connectivity index (χ4n) is 3.76. The molecule has 0 N–H and O–H groups in total. The van der Waals surface area contributed by atoms with Gasteiger partial charge in [0.25, 0.3) is 0 Å². The molecule has 3 heteroatoms. The molecule has 1 aliphatic heterocycles. The first-order valence-corrected chi connectivity index (χ1v) is 6.71. The van der Waals surface area contributed by atoms with Crippen molar-refractivity contribution in [2.75, 3.05) is 7.11 Å². The molecule has 0 amide bonds. The van der Waals surface area contributed by atoms with E-state index in [1.807, 2.05) is 0 Å². The summed E-state index contributed by atoms with van der Waals surface area (Å²) in [4.78, 5) is 12.1. The molecule has 1 saturated carbocycles. The predicted molar refractivity (Wildman–Crippen MR) is 65.6 cm³/mol. The summed E-state index contributed by atoms with van der Waals surface area (Å²) in [5.41, 5.74) is -0.943. The summed E-state index contributed by atoms with van der Waals surface area (Å²) in [6.45, 7) is 8.59. The molecule has 98 valence electrons. The van der Waals surface area contributed by atoms with Crippen LogP contribution in [0.4, 0.5) is 0 Å². The van der Waals surface area contributed by atoms with Gasteiger partial charge in [0.1, 0.15) is 5.60 Å². The Balaban J connectivity index is 2.32. The fourth-order valence-corrected chi connectivity index (χ4v) is 3.76. The summed E-state index contributed by atoms with van der Waals surface area (Å²) in [6.07, 6.45) is 3.38. The quantitative estimate of drug-likeness (QED) is 0.550. The molecule has 3 nitrogen and oxygen atoms in total. The summed E-state index contributed by atoms with van der Waals surface area (Å²) < 4.78 is 11.0. The second kappa shape index (κ2) is 3.98. The third-order valence-electron chi connectivity index (χ3n) is 5.03. The zero-order valence-electron chi connectivity index (χ0n) is 11.6. The summed E-state index contributed by atoms with van der Waals surface area (Å²) in [5.74, 6) is 1.03. The van der Waals surface area contributed by atoms with Gasteiger partial charge in [-0.25, -0.2) is 4.79 Å². The molecule has 1 heterocycles. The number of hydrogen-bond acceptors (Lipinski definition) is 3. The van der Waals surface area contributed by atoms with Crippen molar-refractivity contribution in [3.63, 3.8) is 0 Å². The minimum absolute atomic E-state index is 0.169. The van der Waals surface area contributed by atoms with Gasteiger partial charge in [-0.1, -0.05) is 40.5 Å². The maximum atomic E-state index is 12.1. The molecule has 0 bridgehead atoms. The Morgan fingerprint density at radius 3 is 2.59 bits per heavy atom. The van der Waals surface area contributed by atoms with Gasteiger partial charge in [-0.05, 0) is 24.2 Å². The highest BCUT2D eigenvalue weighted by molar-refractivity contribution is 5.85. The van der Waals surface area contributed by atoms with Gasteiger partial charge in [0, 0.05) is 0 Å². The van der Waals surface area contributed by atoms with Gasteiger partial charge >= 0.3 is 5.97 Å². The van der Waals surface area contributed by atoms with Gasteiger partial charge in [0.05, 0.1) is 7.11 Å². The second-order valence-corrected chi connectivity index (χ2v) is 6.03. The Morgan fingerprint density at radius 2 is 2.06 bits per heavy atom. The third kappa shape index (κ3) is 1.48. The smallest absolute Gasteiger partial charge is 0.341 e. The number of ether oxygens (including phenoxy) is 2. The van der Waals surface area contributed by atoms with Crippen molar-refractivity contribution in [1.29, 1.82) is 0 Å². The standard InChI is InChI=1S/C14H24O3/c1-9(2)14(12(15)16-5)13(17-14)8-6-7-10(3)11(13)4/h9-11H,6-8H2,1-5H3. The van der Waals surface area contributed by atoms with E-state index in [-0.39, 0.29) is 17.5 Å². The van der Waals surface area contributed by atoms with Crippen LogP contribution in [0.5, 0.6) is 0 Å². The summed E-state index contributed by atoms with van der Waals surface area (Å²) in [5, 5.41) is 0. The first-order chi connectivity index (χ1) is 7.92. The van der Waals surface area contributed by atoms with E-state index in [1.54, 1.807) is 0 Å². The average molecular weight is 240 g/mol. The first-order valence-electron chi connectivity index (χ1n) is 6.71. The molecule has 0 aromatic carbocycles. The molecule has 2 rings (SSSR count). The number of carbonyl (C=O) groups is 1. The van der Waals surface area contributed by atoms with E-state index >= 15 is 0 Å². The summed E-state index contributed by atoms with van der Waals surface area (Å²) in [7, 11) is 1.46. The van der Waals surface area contributed by atoms with Gasteiger partial charge in [0.15, 0.2) is 5.60 Å². The average Bonchev–Trinajstić information content (AvgIpc) is 2.96. The van der Waals surface area contributed by atoms with Crippen molar-refractivity contribution in [1.82, 2.24) is 0 Å². The van der Waals surface area contributed by atoms with Gasteiger partial charge in [-0.15, -0.1) is 0 Å². The number of methoxy groups -OCH3 is 1. The Kier molecular flexibility index (Phi) is 3.01. The lowest BCUT2D eigenvalue weighted by molar-refractivity contribution is -0.149. The predicted octanol–water partition coefficient (Wildman–Crippen LogP) is 2.78. The highest BCUT2D eigenvalue weighted by atomic mass is 16.7. The number of carbonyl (C=O) groups excluding carboxylic acids is 1. The maximum Gasteiger partial charge on any atom is 0.341 e. The molecule has 2 fully saturated rings. The van der Waals surface area contributed by atoms with Crippen LogP contribution in [0, 0.1) is 17.8 Å². The molecular weight excluding hydrogens is 216 g/mol. The van der Waals surface area contributed by atoms with E-state index in [1.165, 1.54) is 13.5 Å². The van der Waals surface area contributed by atoms with Crippen LogP contribution in [-0.4, -0.2) is 24.3 Å². The van der Waals surface area contributed by atoms with Crippen molar-refractivity contribution in [2.45, 2.75) is 58.2 Å². The highest BCUT2D eigenvalue weighted by Crippen LogP contribution is 2.63. The van der Waals surface area contributed by atoms with Gasteiger partial charge in [0.2, 0.25) is 0 Å². The fraction of sp³-hybridized carbons (Fsp3) is 0.929. The highest BCUT2D eigenvalue weighted by Gasteiger charge is 2.78. The van der Waals surface area contributed by atoms with Crippen LogP contribution >= 0.6 is 0 Å². The van der Waals surface area contributed by atoms with Crippen molar-refractivity contribution >= 4 is 5.97 Å². The van der Waals surface area contributed by atoms with Crippen LogP contribution in [0.2, 0.25) is 0 Å². The van der Waals surface area contributed by atoms with Crippen molar-refractivity contribution in [3.05, 3.63) is 0 Å². The SMILES string of the molecule is COC(=O)C1(C(C)C)OC12CCCC(C)C2C. The Hall–Kier alpha value is -0.570. The normalized spacial score (nSPS) is 45.1. The summed E-state index contributed by atoms with van der Waals surface area (Å²) >= 11 is 0. The van der Waals surface area contributed by atoms with E-state index in [9.17, 15) is 4.79 Å². The Morgan fingerprint density at radius 1 is 1.41 bits per heavy atom. The molecule has 4 unspecified atom stereocenters. The van der Waals surface area contributed by atoms with Crippen LogP contribution in [-0.2, 0) is 14.3 Å². The molecule has 1 aliphatic carbocycles. The molecule has 17 heavy (non-hydrogen) atoms. The van der Waals surface area contributed by atoms with Gasteiger partial charge in [-0.2, -0.15) is 0 Å². The lowest BCUT2D eigenvalue weighted by Crippen LogP contribution is -2.46. The van der Waals surface area contributed by atoms with Crippen LogP contribution in [0.15, 0.2) is 0 Å². The Bertz CT molecular complexity index is 325. The van der Waals surface area contributed by atoms with E-state index in [0.717, 1.165) is 12.8 Å². The first kappa shape index (κ1) is 12.9. The van der Waals surface area contributed by atoms with E-state index in [4.69, 9.17) is 9.47 Å². The van der Waals surface area contributed by atoms with E-state index in [0.29, 0.717) is 11.8 Å². The molecule has 0 aromatic heterocycles. The zero-order valence-corrected chi connectivity index (χ0v) is 11.6. The topological polar surface area (TPSA) is 38.8 Å². The molecule has 1 saturated heterocycles. The lowest BCUT2D eigenvalue weighted by atomic mass is 9.66. The lowest BCUT2D eigenvalue weighted by Gasteiger charge is -2.34. The van der Waals surface area contributed by atoms with Gasteiger partial charge < -0.3 is 9.47 Å². The van der Waals surface area contributed by atoms with Crippen molar-refractivity contribution < 1.29 is 14.3 Å². The van der Waals surface area contributed by atoms with Crippen LogP contribution < -0.4 is 0 Å². The monoisotopic (exact) mass is 240 g/mol. The molecule has 1 spiro atoms. The third-order valence-corrected chi connectivity index (χ3v) is 5.03. The number of esters is 1. The summed E-state index contributed by atoms with van der Waals surface area (Å²) in [6, 6.07) is 0. The van der Waals surface area contributed by atoms with Crippen molar-refractivity contribution in [3.8, 4) is 0 Å². The van der Waals surface area contributed by atoms with Crippen molar-refractivity contribution in [2.24, 2.45) is 17.8 Å². The number of hydrogen-bond donors (Lipinski definition) is 0. The number of epoxide rings is 1. The Labute approximate surface area is 104 Å².